The molecule has 3 N–H and O–H groups in total. The van der Waals surface area contributed by atoms with Crippen LogP contribution in [0.15, 0.2) is 42.5 Å². The van der Waals surface area contributed by atoms with Gasteiger partial charge in [-0.25, -0.2) is 13.6 Å². The Morgan fingerprint density at radius 2 is 1.80 bits per heavy atom. The zero-order valence-corrected chi connectivity index (χ0v) is 14.0. The predicted molar refractivity (Wildman–Crippen MR) is 91.4 cm³/mol. The smallest absolute Gasteiger partial charge is 0.315 e. The molecular weight excluding hydrogens is 352 g/mol. The van der Waals surface area contributed by atoms with Crippen LogP contribution in [0.3, 0.4) is 0 Å². The average molecular weight is 368 g/mol. The Hall–Kier alpha value is -2.67. The molecule has 1 unspecified atom stereocenters. The second-order valence-electron chi connectivity index (χ2n) is 5.27. The first-order valence-corrected chi connectivity index (χ1v) is 7.77. The molecule has 5 nitrogen and oxygen atoms in total. The molecule has 0 aliphatic carbocycles. The summed E-state index contributed by atoms with van der Waals surface area (Å²) in [5.41, 5.74) is 0.681. The maximum atomic E-state index is 13.7. The van der Waals surface area contributed by atoms with Crippen LogP contribution in [0.5, 0.6) is 0 Å². The third-order valence-corrected chi connectivity index (χ3v) is 3.57. The van der Waals surface area contributed by atoms with E-state index in [9.17, 15) is 18.4 Å². The maximum Gasteiger partial charge on any atom is 0.315 e. The summed E-state index contributed by atoms with van der Waals surface area (Å²) < 4.78 is 26.5. The number of halogens is 3. The molecule has 0 heterocycles. The van der Waals surface area contributed by atoms with Gasteiger partial charge in [0.1, 0.15) is 11.6 Å². The molecule has 0 aromatic heterocycles. The Labute approximate surface area is 148 Å². The lowest BCUT2D eigenvalue weighted by Crippen LogP contribution is -2.41. The van der Waals surface area contributed by atoms with E-state index in [1.54, 1.807) is 31.2 Å². The van der Waals surface area contributed by atoms with Crippen molar-refractivity contribution in [1.29, 1.82) is 0 Å². The number of hydrogen-bond acceptors (Lipinski definition) is 2. The SMILES string of the molecule is CC(NC(=O)NCC(=O)Nc1ccc(Cl)cc1)c1ccc(F)cc1F. The van der Waals surface area contributed by atoms with Crippen molar-refractivity contribution in [3.63, 3.8) is 0 Å². The summed E-state index contributed by atoms with van der Waals surface area (Å²) in [5, 5.41) is 7.96. The predicted octanol–water partition coefficient (Wildman–Crippen LogP) is 3.62. The molecule has 0 bridgehead atoms. The van der Waals surface area contributed by atoms with Crippen LogP contribution in [0.25, 0.3) is 0 Å². The minimum absolute atomic E-state index is 0.141. The highest BCUT2D eigenvalue weighted by Crippen LogP contribution is 2.17. The van der Waals surface area contributed by atoms with E-state index < -0.39 is 29.6 Å². The van der Waals surface area contributed by atoms with Crippen LogP contribution >= 0.6 is 11.6 Å². The van der Waals surface area contributed by atoms with E-state index in [4.69, 9.17) is 11.6 Å². The van der Waals surface area contributed by atoms with Crippen LogP contribution in [0.4, 0.5) is 19.3 Å². The molecule has 0 saturated carbocycles. The molecular formula is C17H16ClF2N3O2. The third-order valence-electron chi connectivity index (χ3n) is 3.31. The number of benzene rings is 2. The fourth-order valence-corrected chi connectivity index (χ4v) is 2.20. The highest BCUT2D eigenvalue weighted by molar-refractivity contribution is 6.30. The molecule has 132 valence electrons. The van der Waals surface area contributed by atoms with Gasteiger partial charge in [0.15, 0.2) is 0 Å². The molecule has 3 amide bonds. The zero-order valence-electron chi connectivity index (χ0n) is 13.3. The first-order chi connectivity index (χ1) is 11.8. The van der Waals surface area contributed by atoms with Crippen LogP contribution in [0.1, 0.15) is 18.5 Å². The van der Waals surface area contributed by atoms with E-state index in [1.807, 2.05) is 0 Å². The summed E-state index contributed by atoms with van der Waals surface area (Å²) in [4.78, 5) is 23.6. The molecule has 8 heteroatoms. The highest BCUT2D eigenvalue weighted by Gasteiger charge is 2.14. The van der Waals surface area contributed by atoms with E-state index in [2.05, 4.69) is 16.0 Å². The molecule has 0 fully saturated rings. The third kappa shape index (κ3) is 5.72. The molecule has 1 atom stereocenters. The second-order valence-corrected chi connectivity index (χ2v) is 5.71. The number of nitrogens with one attached hydrogen (secondary N) is 3. The Balaban J connectivity index is 1.81. The van der Waals surface area contributed by atoms with Gasteiger partial charge in [-0.2, -0.15) is 0 Å². The fraction of sp³-hybridized carbons (Fsp3) is 0.176. The van der Waals surface area contributed by atoms with Crippen LogP contribution in [-0.4, -0.2) is 18.5 Å². The van der Waals surface area contributed by atoms with Crippen molar-refractivity contribution in [2.24, 2.45) is 0 Å². The Bertz CT molecular complexity index is 769. The number of hydrogen-bond donors (Lipinski definition) is 3. The van der Waals surface area contributed by atoms with Crippen molar-refractivity contribution in [2.45, 2.75) is 13.0 Å². The lowest BCUT2D eigenvalue weighted by atomic mass is 10.1. The van der Waals surface area contributed by atoms with E-state index >= 15 is 0 Å². The number of urea groups is 1. The van der Waals surface area contributed by atoms with Gasteiger partial charge in [-0.05, 0) is 37.3 Å². The van der Waals surface area contributed by atoms with Crippen molar-refractivity contribution in [1.82, 2.24) is 10.6 Å². The standard InChI is InChI=1S/C17H16ClF2N3O2/c1-10(14-7-4-12(19)8-15(14)20)22-17(25)21-9-16(24)23-13-5-2-11(18)3-6-13/h2-8,10H,9H2,1H3,(H,23,24)(H2,21,22,25). The summed E-state index contributed by atoms with van der Waals surface area (Å²) >= 11 is 5.74. The molecule has 0 saturated heterocycles. The van der Waals surface area contributed by atoms with Crippen LogP contribution in [-0.2, 0) is 4.79 Å². The summed E-state index contributed by atoms with van der Waals surface area (Å²) in [6, 6.07) is 8.25. The van der Waals surface area contributed by atoms with Gasteiger partial charge in [0.05, 0.1) is 12.6 Å². The van der Waals surface area contributed by atoms with Gasteiger partial charge < -0.3 is 16.0 Å². The lowest BCUT2D eigenvalue weighted by Gasteiger charge is -2.15. The number of carbonyl (C=O) groups excluding carboxylic acids is 2. The van der Waals surface area contributed by atoms with Gasteiger partial charge in [-0.3, -0.25) is 4.79 Å². The summed E-state index contributed by atoms with van der Waals surface area (Å²) in [7, 11) is 0. The molecule has 2 aromatic carbocycles. The van der Waals surface area contributed by atoms with Gasteiger partial charge in [0.25, 0.3) is 0 Å². The van der Waals surface area contributed by atoms with Crippen molar-refractivity contribution < 1.29 is 18.4 Å². The molecule has 2 aromatic rings. The Morgan fingerprint density at radius 3 is 2.44 bits per heavy atom. The quantitative estimate of drug-likeness (QED) is 0.755. The van der Waals surface area contributed by atoms with Gasteiger partial charge in [-0.1, -0.05) is 17.7 Å². The zero-order chi connectivity index (χ0) is 18.4. The van der Waals surface area contributed by atoms with Crippen molar-refractivity contribution in [3.8, 4) is 0 Å². The first kappa shape index (κ1) is 18.7. The van der Waals surface area contributed by atoms with Gasteiger partial charge >= 0.3 is 6.03 Å². The summed E-state index contributed by atoms with van der Waals surface area (Å²) in [6.07, 6.45) is 0. The molecule has 0 aliphatic rings. The van der Waals surface area contributed by atoms with Gasteiger partial charge in [0, 0.05) is 22.3 Å². The van der Waals surface area contributed by atoms with Crippen molar-refractivity contribution >= 4 is 29.2 Å². The number of rotatable bonds is 5. The molecule has 25 heavy (non-hydrogen) atoms. The van der Waals surface area contributed by atoms with E-state index in [-0.39, 0.29) is 12.1 Å². The minimum Gasteiger partial charge on any atom is -0.332 e. The Morgan fingerprint density at radius 1 is 1.12 bits per heavy atom. The van der Waals surface area contributed by atoms with Crippen molar-refractivity contribution in [3.05, 3.63) is 64.7 Å². The average Bonchev–Trinajstić information content (AvgIpc) is 2.55. The fourth-order valence-electron chi connectivity index (χ4n) is 2.08. The summed E-state index contributed by atoms with van der Waals surface area (Å²) in [5.74, 6) is -1.89. The summed E-state index contributed by atoms with van der Waals surface area (Å²) in [6.45, 7) is 1.27. The normalized spacial score (nSPS) is 11.5. The monoisotopic (exact) mass is 367 g/mol. The number of carbonyl (C=O) groups is 2. The van der Waals surface area contributed by atoms with E-state index in [0.717, 1.165) is 12.1 Å². The maximum absolute atomic E-state index is 13.7. The van der Waals surface area contributed by atoms with Crippen molar-refractivity contribution in [2.75, 3.05) is 11.9 Å². The number of anilines is 1. The van der Waals surface area contributed by atoms with Crippen LogP contribution in [0.2, 0.25) is 5.02 Å². The largest absolute Gasteiger partial charge is 0.332 e. The van der Waals surface area contributed by atoms with E-state index in [1.165, 1.54) is 6.07 Å². The number of amides is 3. The molecule has 0 aliphatic heterocycles. The van der Waals surface area contributed by atoms with Crippen LogP contribution < -0.4 is 16.0 Å². The molecule has 2 rings (SSSR count). The minimum atomic E-state index is -0.756. The highest BCUT2D eigenvalue weighted by atomic mass is 35.5. The van der Waals surface area contributed by atoms with Gasteiger partial charge in [-0.15, -0.1) is 0 Å². The molecule has 0 spiro atoms. The van der Waals surface area contributed by atoms with Gasteiger partial charge in [0.2, 0.25) is 5.91 Å². The second kappa shape index (κ2) is 8.43. The molecule has 0 radical (unpaired) electrons. The lowest BCUT2D eigenvalue weighted by molar-refractivity contribution is -0.115. The van der Waals surface area contributed by atoms with E-state index in [0.29, 0.717) is 10.7 Å². The Kier molecular flexibility index (Phi) is 6.30. The topological polar surface area (TPSA) is 70.2 Å². The van der Waals surface area contributed by atoms with Crippen LogP contribution in [0, 0.1) is 11.6 Å². The first-order valence-electron chi connectivity index (χ1n) is 7.40.